The molecule has 0 radical (unpaired) electrons. The van der Waals surface area contributed by atoms with E-state index < -0.39 is 18.0 Å². The number of nitrogens with one attached hydrogen (secondary N) is 2. The van der Waals surface area contributed by atoms with E-state index in [1.807, 2.05) is 13.8 Å². The minimum absolute atomic E-state index is 0.114. The molecule has 0 aliphatic heterocycles. The van der Waals surface area contributed by atoms with E-state index in [1.54, 1.807) is 0 Å². The molecule has 0 heterocycles. The number of aliphatic hydroxyl groups is 1. The second-order valence-corrected chi connectivity index (χ2v) is 4.97. The van der Waals surface area contributed by atoms with Crippen molar-refractivity contribution in [1.29, 1.82) is 0 Å². The number of carbonyl (C=O) groups excluding carboxylic acids is 1. The second kappa shape index (κ2) is 7.69. The number of methoxy groups -OCH3 is 1. The third-order valence-electron chi connectivity index (χ3n) is 2.65. The molecule has 0 bridgehead atoms. The Morgan fingerprint density at radius 3 is 2.70 bits per heavy atom. The molecule has 3 N–H and O–H groups in total. The standard InChI is InChI=1S/C14H21FN2O3/c1-9(2)6-11(18)8-16-14(19)17-10-4-5-13(20-3)12(15)7-10/h4-5,7,9,11,18H,6,8H2,1-3H3,(H2,16,17,19). The van der Waals surface area contributed by atoms with Crippen molar-refractivity contribution in [3.05, 3.63) is 24.0 Å². The Labute approximate surface area is 118 Å². The van der Waals surface area contributed by atoms with Gasteiger partial charge in [-0.3, -0.25) is 0 Å². The molecule has 2 amide bonds. The number of anilines is 1. The zero-order valence-electron chi connectivity index (χ0n) is 11.9. The fourth-order valence-electron chi connectivity index (χ4n) is 1.76. The summed E-state index contributed by atoms with van der Waals surface area (Å²) in [7, 11) is 1.37. The number of hydrogen-bond donors (Lipinski definition) is 3. The third-order valence-corrected chi connectivity index (χ3v) is 2.65. The van der Waals surface area contributed by atoms with Gasteiger partial charge in [-0.15, -0.1) is 0 Å². The second-order valence-electron chi connectivity index (χ2n) is 4.97. The van der Waals surface area contributed by atoms with Crippen molar-refractivity contribution in [2.24, 2.45) is 5.92 Å². The number of halogens is 1. The molecule has 112 valence electrons. The van der Waals surface area contributed by atoms with E-state index in [4.69, 9.17) is 4.74 Å². The molecule has 0 aliphatic rings. The summed E-state index contributed by atoms with van der Waals surface area (Å²) in [6.45, 7) is 4.13. The van der Waals surface area contributed by atoms with Crippen molar-refractivity contribution in [1.82, 2.24) is 5.32 Å². The SMILES string of the molecule is COc1ccc(NC(=O)NCC(O)CC(C)C)cc1F. The fraction of sp³-hybridized carbons (Fsp3) is 0.500. The summed E-state index contributed by atoms with van der Waals surface area (Å²) in [5, 5.41) is 14.6. The maximum absolute atomic E-state index is 13.4. The minimum Gasteiger partial charge on any atom is -0.494 e. The summed E-state index contributed by atoms with van der Waals surface area (Å²) in [4.78, 5) is 11.6. The Bertz CT molecular complexity index is 452. The summed E-state index contributed by atoms with van der Waals surface area (Å²) >= 11 is 0. The molecule has 1 aromatic carbocycles. The molecule has 0 aromatic heterocycles. The number of aliphatic hydroxyl groups excluding tert-OH is 1. The first-order valence-electron chi connectivity index (χ1n) is 6.48. The summed E-state index contributed by atoms with van der Waals surface area (Å²) in [6.07, 6.45) is 0.0191. The van der Waals surface area contributed by atoms with Crippen LogP contribution in [-0.4, -0.2) is 30.9 Å². The summed E-state index contributed by atoms with van der Waals surface area (Å²) < 4.78 is 18.2. The van der Waals surface area contributed by atoms with Gasteiger partial charge >= 0.3 is 6.03 Å². The first-order chi connectivity index (χ1) is 9.42. The zero-order chi connectivity index (χ0) is 15.1. The first kappa shape index (κ1) is 16.2. The van der Waals surface area contributed by atoms with Crippen LogP contribution in [0.15, 0.2) is 18.2 Å². The number of ether oxygens (including phenoxy) is 1. The molecular formula is C14H21FN2O3. The topological polar surface area (TPSA) is 70.6 Å². The van der Waals surface area contributed by atoms with Crippen LogP contribution in [0.2, 0.25) is 0 Å². The van der Waals surface area contributed by atoms with Crippen molar-refractivity contribution < 1.29 is 19.0 Å². The fourth-order valence-corrected chi connectivity index (χ4v) is 1.76. The summed E-state index contributed by atoms with van der Waals surface area (Å²) in [5.41, 5.74) is 0.319. The van der Waals surface area contributed by atoms with Crippen molar-refractivity contribution in [3.63, 3.8) is 0 Å². The third kappa shape index (κ3) is 5.44. The Morgan fingerprint density at radius 2 is 2.15 bits per heavy atom. The van der Waals surface area contributed by atoms with E-state index in [9.17, 15) is 14.3 Å². The van der Waals surface area contributed by atoms with Crippen LogP contribution in [-0.2, 0) is 0 Å². The van der Waals surface area contributed by atoms with Gasteiger partial charge in [-0.25, -0.2) is 9.18 Å². The van der Waals surface area contributed by atoms with E-state index in [1.165, 1.54) is 25.3 Å². The van der Waals surface area contributed by atoms with Crippen molar-refractivity contribution in [2.45, 2.75) is 26.4 Å². The lowest BCUT2D eigenvalue weighted by Crippen LogP contribution is -2.35. The van der Waals surface area contributed by atoms with Crippen LogP contribution in [0.5, 0.6) is 5.75 Å². The largest absolute Gasteiger partial charge is 0.494 e. The van der Waals surface area contributed by atoms with Gasteiger partial charge in [0, 0.05) is 18.3 Å². The molecule has 1 aromatic rings. The molecule has 1 unspecified atom stereocenters. The normalized spacial score (nSPS) is 12.1. The quantitative estimate of drug-likeness (QED) is 0.751. The number of hydrogen-bond acceptors (Lipinski definition) is 3. The monoisotopic (exact) mass is 284 g/mol. The molecule has 5 nitrogen and oxygen atoms in total. The zero-order valence-corrected chi connectivity index (χ0v) is 11.9. The Balaban J connectivity index is 2.44. The van der Waals surface area contributed by atoms with Gasteiger partial charge in [0.05, 0.1) is 13.2 Å². The van der Waals surface area contributed by atoms with Crippen molar-refractivity contribution in [2.75, 3.05) is 19.0 Å². The number of benzene rings is 1. The van der Waals surface area contributed by atoms with Crippen LogP contribution in [0.25, 0.3) is 0 Å². The van der Waals surface area contributed by atoms with E-state index in [-0.39, 0.29) is 12.3 Å². The van der Waals surface area contributed by atoms with Gasteiger partial charge in [0.25, 0.3) is 0 Å². The molecule has 6 heteroatoms. The lowest BCUT2D eigenvalue weighted by Gasteiger charge is -2.14. The van der Waals surface area contributed by atoms with E-state index >= 15 is 0 Å². The Kier molecular flexibility index (Phi) is 6.24. The number of urea groups is 1. The highest BCUT2D eigenvalue weighted by atomic mass is 19.1. The Hall–Kier alpha value is -1.82. The first-order valence-corrected chi connectivity index (χ1v) is 6.48. The molecule has 1 atom stereocenters. The van der Waals surface area contributed by atoms with Gasteiger partial charge in [-0.2, -0.15) is 0 Å². The highest BCUT2D eigenvalue weighted by Gasteiger charge is 2.10. The Morgan fingerprint density at radius 1 is 1.45 bits per heavy atom. The van der Waals surface area contributed by atoms with Gasteiger partial charge in [-0.1, -0.05) is 13.8 Å². The molecule has 0 saturated carbocycles. The minimum atomic E-state index is -0.589. The molecule has 1 rings (SSSR count). The number of rotatable bonds is 6. The van der Waals surface area contributed by atoms with Crippen LogP contribution in [0.3, 0.4) is 0 Å². The van der Waals surface area contributed by atoms with Crippen molar-refractivity contribution in [3.8, 4) is 5.75 Å². The maximum Gasteiger partial charge on any atom is 0.319 e. The summed E-state index contributed by atoms with van der Waals surface area (Å²) in [5.74, 6) is -0.0843. The lowest BCUT2D eigenvalue weighted by molar-refractivity contribution is 0.148. The lowest BCUT2D eigenvalue weighted by atomic mass is 10.1. The molecule has 20 heavy (non-hydrogen) atoms. The average molecular weight is 284 g/mol. The van der Waals surface area contributed by atoms with E-state index in [0.29, 0.717) is 18.0 Å². The van der Waals surface area contributed by atoms with Gasteiger partial charge in [0.15, 0.2) is 11.6 Å². The molecular weight excluding hydrogens is 263 g/mol. The predicted octanol–water partition coefficient (Wildman–Crippen LogP) is 2.36. The van der Waals surface area contributed by atoms with E-state index in [0.717, 1.165) is 0 Å². The maximum atomic E-state index is 13.4. The highest BCUT2D eigenvalue weighted by molar-refractivity contribution is 5.89. The van der Waals surface area contributed by atoms with Crippen LogP contribution in [0.4, 0.5) is 14.9 Å². The van der Waals surface area contributed by atoms with Gasteiger partial charge < -0.3 is 20.5 Å². The average Bonchev–Trinajstić information content (AvgIpc) is 2.36. The molecule has 0 spiro atoms. The van der Waals surface area contributed by atoms with Crippen LogP contribution in [0, 0.1) is 11.7 Å². The predicted molar refractivity (Wildman–Crippen MR) is 75.4 cm³/mol. The number of carbonyl (C=O) groups is 1. The van der Waals surface area contributed by atoms with Crippen LogP contribution >= 0.6 is 0 Å². The van der Waals surface area contributed by atoms with Crippen LogP contribution < -0.4 is 15.4 Å². The molecule has 0 saturated heterocycles. The van der Waals surface area contributed by atoms with Gasteiger partial charge in [0.1, 0.15) is 0 Å². The number of amides is 2. The van der Waals surface area contributed by atoms with Gasteiger partial charge in [0.2, 0.25) is 0 Å². The van der Waals surface area contributed by atoms with Crippen LogP contribution in [0.1, 0.15) is 20.3 Å². The summed E-state index contributed by atoms with van der Waals surface area (Å²) in [6, 6.07) is 3.64. The molecule has 0 aliphatic carbocycles. The van der Waals surface area contributed by atoms with Crippen molar-refractivity contribution >= 4 is 11.7 Å². The molecule has 0 fully saturated rings. The highest BCUT2D eigenvalue weighted by Crippen LogP contribution is 2.20. The van der Waals surface area contributed by atoms with E-state index in [2.05, 4.69) is 10.6 Å². The van der Waals surface area contributed by atoms with Gasteiger partial charge in [-0.05, 0) is 24.5 Å². The smallest absolute Gasteiger partial charge is 0.319 e.